The number of halogens is 3. The van der Waals surface area contributed by atoms with Crippen molar-refractivity contribution >= 4 is 5.97 Å². The van der Waals surface area contributed by atoms with Crippen LogP contribution in [0.1, 0.15) is 68.5 Å². The van der Waals surface area contributed by atoms with E-state index in [0.717, 1.165) is 49.4 Å². The monoisotopic (exact) mass is 476 g/mol. The van der Waals surface area contributed by atoms with Crippen molar-refractivity contribution in [2.24, 2.45) is 0 Å². The van der Waals surface area contributed by atoms with Gasteiger partial charge in [-0.05, 0) is 61.3 Å². The Bertz CT molecular complexity index is 1080. The Morgan fingerprint density at radius 2 is 1.85 bits per heavy atom. The molecular formula is C25H27F3N2O4. The van der Waals surface area contributed by atoms with Crippen LogP contribution in [-0.2, 0) is 22.3 Å². The Balaban J connectivity index is 1.29. The first-order valence-corrected chi connectivity index (χ1v) is 11.5. The largest absolute Gasteiger partial charge is 0.468 e. The number of rotatable bonds is 8. The van der Waals surface area contributed by atoms with E-state index in [4.69, 9.17) is 13.9 Å². The molecule has 0 radical (unpaired) electrons. The Labute approximate surface area is 195 Å². The molecule has 0 unspecified atom stereocenters. The van der Waals surface area contributed by atoms with Crippen LogP contribution in [0.2, 0.25) is 0 Å². The zero-order chi connectivity index (χ0) is 24.1. The molecule has 1 saturated carbocycles. The van der Waals surface area contributed by atoms with Crippen LogP contribution in [0.4, 0.5) is 13.2 Å². The summed E-state index contributed by atoms with van der Waals surface area (Å²) in [7, 11) is 0. The first kappa shape index (κ1) is 23.9. The third kappa shape index (κ3) is 6.01. The van der Waals surface area contributed by atoms with Crippen LogP contribution in [0.5, 0.6) is 5.88 Å². The molecule has 0 aliphatic heterocycles. The third-order valence-corrected chi connectivity index (χ3v) is 5.98. The lowest BCUT2D eigenvalue weighted by Gasteiger charge is -2.28. The number of nitrogens with zero attached hydrogens (tertiary/aromatic N) is 1. The fourth-order valence-corrected chi connectivity index (χ4v) is 4.18. The summed E-state index contributed by atoms with van der Waals surface area (Å²) in [5, 5.41) is 6.95. The van der Waals surface area contributed by atoms with Crippen molar-refractivity contribution in [1.29, 1.82) is 0 Å². The van der Waals surface area contributed by atoms with E-state index >= 15 is 0 Å². The number of carbonyl (C=O) groups is 1. The molecule has 182 valence electrons. The zero-order valence-electron chi connectivity index (χ0n) is 18.9. The molecule has 6 nitrogen and oxygen atoms in total. The van der Waals surface area contributed by atoms with E-state index < -0.39 is 11.9 Å². The molecule has 1 aliphatic carbocycles. The first-order chi connectivity index (χ1) is 16.3. The molecule has 2 aromatic heterocycles. The highest BCUT2D eigenvalue weighted by atomic mass is 19.4. The lowest BCUT2D eigenvalue weighted by atomic mass is 9.82. The van der Waals surface area contributed by atoms with Gasteiger partial charge in [0.2, 0.25) is 11.6 Å². The lowest BCUT2D eigenvalue weighted by Crippen LogP contribution is -2.23. The second-order valence-corrected chi connectivity index (χ2v) is 8.51. The van der Waals surface area contributed by atoms with Crippen molar-refractivity contribution in [2.45, 2.75) is 70.3 Å². The quantitative estimate of drug-likeness (QED) is 0.369. The van der Waals surface area contributed by atoms with Gasteiger partial charge in [-0.2, -0.15) is 13.2 Å². The molecule has 9 heteroatoms. The lowest BCUT2D eigenvalue weighted by molar-refractivity contribution is -0.153. The van der Waals surface area contributed by atoms with Gasteiger partial charge in [-0.3, -0.25) is 9.89 Å². The Morgan fingerprint density at radius 3 is 2.50 bits per heavy atom. The molecular weight excluding hydrogens is 449 g/mol. The summed E-state index contributed by atoms with van der Waals surface area (Å²) in [4.78, 5) is 11.7. The standard InChI is InChI=1S/C25H27F3N2O4/c1-2-3-24(31)34-19-10-8-17(9-11-19)16-4-6-18(7-5-16)21-14-23(30-29-21)32-15-20-12-13-22(33-20)25(26,27)28/h4-7,12-14,17,19H,2-3,8-11,15H2,1H3,(H,29,30). The van der Waals surface area contributed by atoms with Crippen LogP contribution < -0.4 is 4.74 Å². The van der Waals surface area contributed by atoms with E-state index in [9.17, 15) is 18.0 Å². The van der Waals surface area contributed by atoms with Gasteiger partial charge in [-0.25, -0.2) is 0 Å². The maximum Gasteiger partial charge on any atom is 0.449 e. The fourth-order valence-electron chi connectivity index (χ4n) is 4.18. The molecule has 0 saturated heterocycles. The number of hydrogen-bond donors (Lipinski definition) is 1. The van der Waals surface area contributed by atoms with E-state index in [1.807, 2.05) is 19.1 Å². The minimum atomic E-state index is -4.52. The highest BCUT2D eigenvalue weighted by Gasteiger charge is 2.34. The molecule has 0 spiro atoms. The number of esters is 1. The van der Waals surface area contributed by atoms with Crippen molar-refractivity contribution in [3.63, 3.8) is 0 Å². The van der Waals surface area contributed by atoms with Crippen molar-refractivity contribution in [3.05, 3.63) is 59.5 Å². The summed E-state index contributed by atoms with van der Waals surface area (Å²) >= 11 is 0. The minimum Gasteiger partial charge on any atom is -0.468 e. The number of H-pyrrole nitrogens is 1. The van der Waals surface area contributed by atoms with E-state index in [1.54, 1.807) is 6.07 Å². The third-order valence-electron chi connectivity index (χ3n) is 5.98. The van der Waals surface area contributed by atoms with Gasteiger partial charge in [-0.1, -0.05) is 31.2 Å². The van der Waals surface area contributed by atoms with Gasteiger partial charge < -0.3 is 13.9 Å². The molecule has 1 aromatic carbocycles. The van der Waals surface area contributed by atoms with Gasteiger partial charge in [0.05, 0.1) is 5.69 Å². The van der Waals surface area contributed by atoms with Crippen LogP contribution in [0.25, 0.3) is 11.3 Å². The molecule has 0 bridgehead atoms. The summed E-state index contributed by atoms with van der Waals surface area (Å²) in [6, 6.07) is 12.0. The number of hydrogen-bond acceptors (Lipinski definition) is 5. The Kier molecular flexibility index (Phi) is 7.29. The molecule has 0 amide bonds. The summed E-state index contributed by atoms with van der Waals surface area (Å²) in [6.07, 6.45) is 0.500. The van der Waals surface area contributed by atoms with E-state index in [2.05, 4.69) is 22.3 Å². The SMILES string of the molecule is CCCC(=O)OC1CCC(c2ccc(-c3cc(OCc4ccc(C(F)(F)F)o4)n[nH]3)cc2)CC1. The minimum absolute atomic E-state index is 0.0271. The van der Waals surface area contributed by atoms with E-state index in [0.29, 0.717) is 12.3 Å². The van der Waals surface area contributed by atoms with E-state index in [-0.39, 0.29) is 30.3 Å². The number of benzene rings is 1. The summed E-state index contributed by atoms with van der Waals surface area (Å²) in [6.45, 7) is 1.81. The molecule has 34 heavy (non-hydrogen) atoms. The van der Waals surface area contributed by atoms with Gasteiger partial charge in [0.15, 0.2) is 0 Å². The number of nitrogens with one attached hydrogen (secondary N) is 1. The van der Waals surface area contributed by atoms with Gasteiger partial charge in [0.1, 0.15) is 18.5 Å². The molecule has 4 rings (SSSR count). The normalized spacial score (nSPS) is 18.6. The van der Waals surface area contributed by atoms with Gasteiger partial charge in [-0.15, -0.1) is 5.10 Å². The highest BCUT2D eigenvalue weighted by Crippen LogP contribution is 2.35. The molecule has 3 aromatic rings. The van der Waals surface area contributed by atoms with Crippen LogP contribution >= 0.6 is 0 Å². The maximum absolute atomic E-state index is 12.6. The molecule has 1 aliphatic rings. The smallest absolute Gasteiger partial charge is 0.449 e. The highest BCUT2D eigenvalue weighted by molar-refractivity contribution is 5.69. The number of ether oxygens (including phenoxy) is 2. The van der Waals surface area contributed by atoms with Crippen LogP contribution in [0.3, 0.4) is 0 Å². The number of furan rings is 1. The van der Waals surface area contributed by atoms with Crippen molar-refractivity contribution in [2.75, 3.05) is 0 Å². The first-order valence-electron chi connectivity index (χ1n) is 11.5. The molecule has 1 fully saturated rings. The van der Waals surface area contributed by atoms with Crippen LogP contribution in [-0.4, -0.2) is 22.3 Å². The predicted molar refractivity (Wildman–Crippen MR) is 118 cm³/mol. The van der Waals surface area contributed by atoms with Crippen LogP contribution in [0.15, 0.2) is 46.9 Å². The fraction of sp³-hybridized carbons (Fsp3) is 0.440. The van der Waals surface area contributed by atoms with Gasteiger partial charge >= 0.3 is 12.1 Å². The summed E-state index contributed by atoms with van der Waals surface area (Å²) < 4.78 is 53.6. The molecule has 2 heterocycles. The Hall–Kier alpha value is -3.23. The van der Waals surface area contributed by atoms with Crippen molar-refractivity contribution in [3.8, 4) is 17.1 Å². The second kappa shape index (κ2) is 10.4. The number of alkyl halides is 3. The van der Waals surface area contributed by atoms with E-state index in [1.165, 1.54) is 11.6 Å². The molecule has 0 atom stereocenters. The average Bonchev–Trinajstić information content (AvgIpc) is 3.48. The second-order valence-electron chi connectivity index (χ2n) is 8.51. The summed E-state index contributed by atoms with van der Waals surface area (Å²) in [5.41, 5.74) is 2.91. The number of carbonyl (C=O) groups excluding carboxylic acids is 1. The molecule has 1 N–H and O–H groups in total. The Morgan fingerprint density at radius 1 is 1.12 bits per heavy atom. The van der Waals surface area contributed by atoms with Crippen LogP contribution in [0, 0.1) is 0 Å². The topological polar surface area (TPSA) is 77.3 Å². The zero-order valence-corrected chi connectivity index (χ0v) is 18.9. The van der Waals surface area contributed by atoms with Crippen molar-refractivity contribution in [1.82, 2.24) is 10.2 Å². The van der Waals surface area contributed by atoms with Gasteiger partial charge in [0.25, 0.3) is 0 Å². The summed E-state index contributed by atoms with van der Waals surface area (Å²) in [5.74, 6) is -0.393. The number of aromatic nitrogens is 2. The number of aromatic amines is 1. The van der Waals surface area contributed by atoms with Gasteiger partial charge in [0, 0.05) is 12.5 Å². The average molecular weight is 476 g/mol. The van der Waals surface area contributed by atoms with Crippen molar-refractivity contribution < 1.29 is 31.9 Å². The maximum atomic E-state index is 12.6. The predicted octanol–water partition coefficient (Wildman–Crippen LogP) is 6.64.